The maximum absolute atomic E-state index is 13.7. The number of nitrogens with zero attached hydrogens (tertiary/aromatic N) is 3. The van der Waals surface area contributed by atoms with E-state index in [0.717, 1.165) is 37.1 Å². The van der Waals surface area contributed by atoms with Crippen LogP contribution in [0.1, 0.15) is 57.7 Å². The first-order valence-electron chi connectivity index (χ1n) is 13.1. The minimum Gasteiger partial charge on any atom is -0.344 e. The van der Waals surface area contributed by atoms with Crippen molar-refractivity contribution in [3.05, 3.63) is 70.8 Å². The molecule has 8 nitrogen and oxygen atoms in total. The molecule has 2 atom stereocenters. The minimum absolute atomic E-state index is 0.0196. The molecule has 0 spiro atoms. The van der Waals surface area contributed by atoms with Gasteiger partial charge in [-0.2, -0.15) is 11.3 Å². The van der Waals surface area contributed by atoms with Gasteiger partial charge in [-0.15, -0.1) is 0 Å². The van der Waals surface area contributed by atoms with Gasteiger partial charge in [0.15, 0.2) is 5.82 Å². The molecule has 202 valence electrons. The molecule has 9 heteroatoms. The van der Waals surface area contributed by atoms with Crippen LogP contribution in [-0.4, -0.2) is 51.3 Å². The van der Waals surface area contributed by atoms with E-state index < -0.39 is 17.5 Å². The van der Waals surface area contributed by atoms with E-state index in [-0.39, 0.29) is 17.7 Å². The lowest BCUT2D eigenvalue weighted by molar-refractivity contribution is -0.135. The van der Waals surface area contributed by atoms with Gasteiger partial charge in [-0.1, -0.05) is 58.0 Å². The van der Waals surface area contributed by atoms with Crippen molar-refractivity contribution in [2.24, 2.45) is 11.3 Å². The number of carbonyl (C=O) groups excluding carboxylic acids is 3. The molecule has 1 aliphatic rings. The van der Waals surface area contributed by atoms with E-state index in [1.807, 2.05) is 72.8 Å². The average molecular weight is 536 g/mol. The maximum atomic E-state index is 13.7. The molecular formula is C29H37N5O3S. The van der Waals surface area contributed by atoms with Crippen molar-refractivity contribution in [2.45, 2.75) is 59.0 Å². The molecule has 0 saturated carbocycles. The summed E-state index contributed by atoms with van der Waals surface area (Å²) in [7, 11) is 0. The normalized spacial score (nSPS) is 16.1. The molecule has 38 heavy (non-hydrogen) atoms. The zero-order chi connectivity index (χ0) is 27.3. The fourth-order valence-corrected chi connectivity index (χ4v) is 5.15. The molecule has 1 aliphatic heterocycles. The molecule has 0 aliphatic carbocycles. The average Bonchev–Trinajstić information content (AvgIpc) is 3.56. The second-order valence-electron chi connectivity index (χ2n) is 11.1. The zero-order valence-corrected chi connectivity index (χ0v) is 23.3. The Morgan fingerprint density at radius 3 is 2.45 bits per heavy atom. The van der Waals surface area contributed by atoms with E-state index in [4.69, 9.17) is 0 Å². The van der Waals surface area contributed by atoms with Gasteiger partial charge >= 0.3 is 0 Å². The predicted molar refractivity (Wildman–Crippen MR) is 150 cm³/mol. The van der Waals surface area contributed by atoms with Gasteiger partial charge in [-0.3, -0.25) is 14.4 Å². The third-order valence-corrected chi connectivity index (χ3v) is 7.65. The number of nitrogens with one attached hydrogen (secondary N) is 2. The SMILES string of the molecule is CC1CCN(C(=O)C(c2ccccc2)n2cnc(NC(=O)[C@@H](Cc3ccsc3)NC(=O)C(C)(C)C)c2)CC1. The lowest BCUT2D eigenvalue weighted by Crippen LogP contribution is -2.48. The number of benzene rings is 1. The molecule has 2 aromatic heterocycles. The minimum atomic E-state index is -0.761. The Balaban J connectivity index is 1.54. The van der Waals surface area contributed by atoms with Gasteiger partial charge < -0.3 is 20.1 Å². The van der Waals surface area contributed by atoms with Crippen LogP contribution in [0.5, 0.6) is 0 Å². The standard InChI is InChI=1S/C29H37N5O3S/c1-20-10-13-33(14-11-20)27(36)25(22-8-6-5-7-9-22)34-17-24(30-19-34)32-26(35)23(16-21-12-15-38-18-21)31-28(37)29(2,3)4/h5-9,12,15,17-20,23,25H,10-11,13-14,16H2,1-4H3,(H,31,37)(H,32,35)/t23-,25?/m1/s1. The smallest absolute Gasteiger partial charge is 0.250 e. The molecule has 0 radical (unpaired) electrons. The summed E-state index contributed by atoms with van der Waals surface area (Å²) < 4.78 is 1.76. The van der Waals surface area contributed by atoms with E-state index >= 15 is 0 Å². The summed E-state index contributed by atoms with van der Waals surface area (Å²) in [6.45, 7) is 9.13. The summed E-state index contributed by atoms with van der Waals surface area (Å²) in [5.41, 5.74) is 1.20. The monoisotopic (exact) mass is 535 g/mol. The van der Waals surface area contributed by atoms with Crippen LogP contribution in [0.25, 0.3) is 0 Å². The number of hydrogen-bond donors (Lipinski definition) is 2. The number of thiophene rings is 1. The van der Waals surface area contributed by atoms with Crippen LogP contribution in [0, 0.1) is 11.3 Å². The van der Waals surface area contributed by atoms with Crippen LogP contribution >= 0.6 is 11.3 Å². The number of imidazole rings is 1. The summed E-state index contributed by atoms with van der Waals surface area (Å²) >= 11 is 1.54. The number of aromatic nitrogens is 2. The van der Waals surface area contributed by atoms with Gasteiger partial charge in [0.2, 0.25) is 17.7 Å². The van der Waals surface area contributed by atoms with Gasteiger partial charge in [-0.25, -0.2) is 4.98 Å². The molecule has 1 fully saturated rings. The van der Waals surface area contributed by atoms with E-state index in [9.17, 15) is 14.4 Å². The Kier molecular flexibility index (Phi) is 8.66. The Hall–Kier alpha value is -3.46. The fraction of sp³-hybridized carbons (Fsp3) is 0.448. The Bertz CT molecular complexity index is 1220. The molecule has 2 N–H and O–H groups in total. The second kappa shape index (κ2) is 11.9. The number of hydrogen-bond acceptors (Lipinski definition) is 5. The van der Waals surface area contributed by atoms with E-state index in [1.165, 1.54) is 0 Å². The number of amides is 3. The molecule has 4 rings (SSSR count). The summed E-state index contributed by atoms with van der Waals surface area (Å²) in [5.74, 6) is 0.406. The number of anilines is 1. The third-order valence-electron chi connectivity index (χ3n) is 6.92. The summed E-state index contributed by atoms with van der Waals surface area (Å²) in [6, 6.07) is 10.2. The van der Waals surface area contributed by atoms with Crippen LogP contribution in [0.3, 0.4) is 0 Å². The maximum Gasteiger partial charge on any atom is 0.250 e. The van der Waals surface area contributed by atoms with Crippen molar-refractivity contribution in [2.75, 3.05) is 18.4 Å². The third kappa shape index (κ3) is 6.89. The lowest BCUT2D eigenvalue weighted by atomic mass is 9.94. The van der Waals surface area contributed by atoms with Gasteiger partial charge in [0.1, 0.15) is 12.1 Å². The Morgan fingerprint density at radius 1 is 1.11 bits per heavy atom. The number of rotatable bonds is 8. The number of carbonyl (C=O) groups is 3. The Labute approximate surface area is 228 Å². The fourth-order valence-electron chi connectivity index (χ4n) is 4.46. The van der Waals surface area contributed by atoms with Crippen molar-refractivity contribution in [1.29, 1.82) is 0 Å². The first-order valence-corrected chi connectivity index (χ1v) is 14.1. The molecule has 3 aromatic rings. The highest BCUT2D eigenvalue weighted by Crippen LogP contribution is 2.26. The zero-order valence-electron chi connectivity index (χ0n) is 22.5. The quantitative estimate of drug-likeness (QED) is 0.444. The predicted octanol–water partition coefficient (Wildman–Crippen LogP) is 4.50. The van der Waals surface area contributed by atoms with Gasteiger partial charge in [-0.05, 0) is 46.7 Å². The first kappa shape index (κ1) is 27.6. The van der Waals surface area contributed by atoms with Crippen LogP contribution < -0.4 is 10.6 Å². The first-order chi connectivity index (χ1) is 18.1. The van der Waals surface area contributed by atoms with Gasteiger partial charge in [0, 0.05) is 31.1 Å². The van der Waals surface area contributed by atoms with Gasteiger partial charge in [0.05, 0.1) is 6.33 Å². The Morgan fingerprint density at radius 2 is 1.82 bits per heavy atom. The van der Waals surface area contributed by atoms with E-state index in [2.05, 4.69) is 22.5 Å². The van der Waals surface area contributed by atoms with Crippen LogP contribution in [0.2, 0.25) is 0 Å². The summed E-state index contributed by atoms with van der Waals surface area (Å²) in [6.07, 6.45) is 5.62. The summed E-state index contributed by atoms with van der Waals surface area (Å²) in [4.78, 5) is 46.0. The molecule has 1 unspecified atom stereocenters. The molecule has 0 bridgehead atoms. The van der Waals surface area contributed by atoms with Crippen LogP contribution in [0.4, 0.5) is 5.82 Å². The summed E-state index contributed by atoms with van der Waals surface area (Å²) in [5, 5.41) is 9.66. The number of piperidine rings is 1. The highest BCUT2D eigenvalue weighted by Gasteiger charge is 2.31. The molecule has 1 saturated heterocycles. The van der Waals surface area contributed by atoms with E-state index in [0.29, 0.717) is 18.2 Å². The largest absolute Gasteiger partial charge is 0.344 e. The highest BCUT2D eigenvalue weighted by molar-refractivity contribution is 7.07. The highest BCUT2D eigenvalue weighted by atomic mass is 32.1. The molecule has 3 amide bonds. The van der Waals surface area contributed by atoms with Crippen molar-refractivity contribution in [1.82, 2.24) is 19.8 Å². The molecular weight excluding hydrogens is 498 g/mol. The van der Waals surface area contributed by atoms with Crippen molar-refractivity contribution in [3.63, 3.8) is 0 Å². The van der Waals surface area contributed by atoms with Crippen LogP contribution in [-0.2, 0) is 20.8 Å². The second-order valence-corrected chi connectivity index (χ2v) is 11.9. The molecule has 3 heterocycles. The lowest BCUT2D eigenvalue weighted by Gasteiger charge is -2.33. The number of likely N-dealkylation sites (tertiary alicyclic amines) is 1. The van der Waals surface area contributed by atoms with Crippen LogP contribution in [0.15, 0.2) is 59.7 Å². The van der Waals surface area contributed by atoms with Crippen molar-refractivity contribution in [3.8, 4) is 0 Å². The van der Waals surface area contributed by atoms with Gasteiger partial charge in [0.25, 0.3) is 0 Å². The van der Waals surface area contributed by atoms with E-state index in [1.54, 1.807) is 28.4 Å². The molecule has 1 aromatic carbocycles. The topological polar surface area (TPSA) is 96.3 Å². The van der Waals surface area contributed by atoms with Crippen molar-refractivity contribution < 1.29 is 14.4 Å². The van der Waals surface area contributed by atoms with Crippen molar-refractivity contribution >= 4 is 34.9 Å².